The van der Waals surface area contributed by atoms with E-state index >= 15 is 0 Å². The van der Waals surface area contributed by atoms with Crippen molar-refractivity contribution in [3.63, 3.8) is 0 Å². The van der Waals surface area contributed by atoms with E-state index in [1.807, 2.05) is 24.3 Å². The van der Waals surface area contributed by atoms with Crippen molar-refractivity contribution >= 4 is 17.7 Å². The number of urea groups is 1. The number of para-hydroxylation sites is 2. The Morgan fingerprint density at radius 2 is 1.70 bits per heavy atom. The molecule has 0 fully saturated rings. The normalized spacial score (nSPS) is 11.0. The number of carboxylic acid groups (broad SMARTS) is 1. The first kappa shape index (κ1) is 20.3. The Morgan fingerprint density at radius 3 is 2.37 bits per heavy atom. The molecule has 0 aliphatic rings. The lowest BCUT2D eigenvalue weighted by molar-refractivity contribution is 0.0698. The number of ether oxygens (including phenoxy) is 1. The second-order valence-electron chi connectivity index (χ2n) is 7.30. The molecule has 2 aromatic rings. The van der Waals surface area contributed by atoms with E-state index in [1.165, 1.54) is 11.0 Å². The lowest BCUT2D eigenvalue weighted by Crippen LogP contribution is -2.35. The number of carbonyl (C=O) groups is 2. The van der Waals surface area contributed by atoms with Crippen LogP contribution in [0.15, 0.2) is 48.5 Å². The number of benzene rings is 2. The fourth-order valence-electron chi connectivity index (χ4n) is 2.60. The number of nitrogens with one attached hydrogen (secondary N) is 1. The van der Waals surface area contributed by atoms with Crippen LogP contribution in [0.1, 0.15) is 36.7 Å². The summed E-state index contributed by atoms with van der Waals surface area (Å²) in [5, 5.41) is 11.8. The molecule has 2 aromatic carbocycles. The van der Waals surface area contributed by atoms with Gasteiger partial charge in [0.25, 0.3) is 0 Å². The molecule has 0 bridgehead atoms. The summed E-state index contributed by atoms with van der Waals surface area (Å²) in [5.41, 5.74) is 1.38. The average Bonchev–Trinajstić information content (AvgIpc) is 2.61. The highest BCUT2D eigenvalue weighted by Crippen LogP contribution is 2.30. The van der Waals surface area contributed by atoms with Gasteiger partial charge in [0.1, 0.15) is 12.4 Å². The van der Waals surface area contributed by atoms with Crippen molar-refractivity contribution in [2.75, 3.05) is 25.5 Å². The Bertz CT molecular complexity index is 812. The van der Waals surface area contributed by atoms with Gasteiger partial charge in [-0.15, -0.1) is 0 Å². The molecule has 0 saturated heterocycles. The minimum absolute atomic E-state index is 0.0413. The molecule has 0 heterocycles. The smallest absolute Gasteiger partial charge is 0.337 e. The van der Waals surface area contributed by atoms with E-state index in [9.17, 15) is 14.7 Å². The van der Waals surface area contributed by atoms with Crippen LogP contribution < -0.4 is 10.1 Å². The highest BCUT2D eigenvalue weighted by Gasteiger charge is 2.19. The zero-order chi connectivity index (χ0) is 20.0. The van der Waals surface area contributed by atoms with Gasteiger partial charge in [-0.2, -0.15) is 0 Å². The molecule has 0 aliphatic heterocycles. The van der Waals surface area contributed by atoms with Crippen molar-refractivity contribution in [1.29, 1.82) is 0 Å². The van der Waals surface area contributed by atoms with Gasteiger partial charge in [-0.3, -0.25) is 0 Å². The molecule has 6 nitrogen and oxygen atoms in total. The van der Waals surface area contributed by atoms with Crippen LogP contribution in [-0.4, -0.2) is 42.2 Å². The minimum atomic E-state index is -1.09. The van der Waals surface area contributed by atoms with Crippen LogP contribution in [0, 0.1) is 0 Å². The summed E-state index contributed by atoms with van der Waals surface area (Å²) in [4.78, 5) is 25.0. The highest BCUT2D eigenvalue weighted by molar-refractivity contribution is 5.99. The highest BCUT2D eigenvalue weighted by atomic mass is 16.5. The van der Waals surface area contributed by atoms with E-state index in [0.29, 0.717) is 13.2 Å². The third-order valence-corrected chi connectivity index (χ3v) is 4.13. The van der Waals surface area contributed by atoms with Crippen molar-refractivity contribution < 1.29 is 19.4 Å². The van der Waals surface area contributed by atoms with Gasteiger partial charge in [0.2, 0.25) is 0 Å². The second kappa shape index (κ2) is 8.58. The Labute approximate surface area is 159 Å². The van der Waals surface area contributed by atoms with Crippen molar-refractivity contribution in [3.05, 3.63) is 59.7 Å². The first-order chi connectivity index (χ1) is 12.7. The maximum atomic E-state index is 12.3. The molecule has 2 N–H and O–H groups in total. The Morgan fingerprint density at radius 1 is 1.07 bits per heavy atom. The minimum Gasteiger partial charge on any atom is -0.491 e. The topological polar surface area (TPSA) is 78.9 Å². The molecule has 6 heteroatoms. The van der Waals surface area contributed by atoms with Crippen LogP contribution in [0.4, 0.5) is 10.5 Å². The van der Waals surface area contributed by atoms with E-state index in [1.54, 1.807) is 25.2 Å². The molecule has 0 aliphatic carbocycles. The van der Waals surface area contributed by atoms with Gasteiger partial charge in [0.15, 0.2) is 0 Å². The van der Waals surface area contributed by atoms with Crippen molar-refractivity contribution in [3.8, 4) is 5.75 Å². The number of hydrogen-bond acceptors (Lipinski definition) is 3. The second-order valence-corrected chi connectivity index (χ2v) is 7.30. The number of rotatable bonds is 6. The summed E-state index contributed by atoms with van der Waals surface area (Å²) in [6.45, 7) is 7.05. The summed E-state index contributed by atoms with van der Waals surface area (Å²) in [6, 6.07) is 13.8. The van der Waals surface area contributed by atoms with Gasteiger partial charge < -0.3 is 20.1 Å². The van der Waals surface area contributed by atoms with Crippen LogP contribution in [-0.2, 0) is 5.41 Å². The number of carbonyl (C=O) groups excluding carboxylic acids is 1. The Hall–Kier alpha value is -3.02. The van der Waals surface area contributed by atoms with Crippen LogP contribution in [0.3, 0.4) is 0 Å². The number of anilines is 1. The van der Waals surface area contributed by atoms with Gasteiger partial charge in [-0.25, -0.2) is 9.59 Å². The molecule has 0 unspecified atom stereocenters. The maximum absolute atomic E-state index is 12.3. The molecular formula is C21H26N2O4. The van der Waals surface area contributed by atoms with Crippen LogP contribution in [0.25, 0.3) is 0 Å². The molecule has 0 saturated carbocycles. The lowest BCUT2D eigenvalue weighted by atomic mass is 9.86. The van der Waals surface area contributed by atoms with Crippen LogP contribution >= 0.6 is 0 Å². The van der Waals surface area contributed by atoms with Gasteiger partial charge in [0, 0.05) is 7.05 Å². The Balaban J connectivity index is 1.94. The van der Waals surface area contributed by atoms with Gasteiger partial charge >= 0.3 is 12.0 Å². The summed E-state index contributed by atoms with van der Waals surface area (Å²) in [6.07, 6.45) is 0. The first-order valence-electron chi connectivity index (χ1n) is 8.77. The molecule has 0 atom stereocenters. The molecular weight excluding hydrogens is 344 g/mol. The SMILES string of the molecule is CN(CCOc1ccccc1C(C)(C)C)C(=O)Nc1ccccc1C(=O)O. The number of aromatic carboxylic acids is 1. The molecule has 27 heavy (non-hydrogen) atoms. The fraction of sp³-hybridized carbons (Fsp3) is 0.333. The summed E-state index contributed by atoms with van der Waals surface area (Å²) in [7, 11) is 1.64. The van der Waals surface area contributed by atoms with Crippen molar-refractivity contribution in [2.45, 2.75) is 26.2 Å². The quantitative estimate of drug-likeness (QED) is 0.798. The number of hydrogen-bond donors (Lipinski definition) is 2. The summed E-state index contributed by atoms with van der Waals surface area (Å²) in [5.74, 6) is -0.286. The summed E-state index contributed by atoms with van der Waals surface area (Å²) >= 11 is 0. The van der Waals surface area contributed by atoms with Gasteiger partial charge in [-0.1, -0.05) is 51.1 Å². The third kappa shape index (κ3) is 5.48. The van der Waals surface area contributed by atoms with Crippen molar-refractivity contribution in [2.24, 2.45) is 0 Å². The Kier molecular flexibility index (Phi) is 6.45. The number of amides is 2. The van der Waals surface area contributed by atoms with Crippen molar-refractivity contribution in [1.82, 2.24) is 4.90 Å². The average molecular weight is 370 g/mol. The molecule has 144 valence electrons. The number of nitrogens with zero attached hydrogens (tertiary/aromatic N) is 1. The van der Waals surface area contributed by atoms with E-state index < -0.39 is 12.0 Å². The number of carboxylic acids is 1. The van der Waals surface area contributed by atoms with Crippen LogP contribution in [0.2, 0.25) is 0 Å². The van der Waals surface area contributed by atoms with E-state index in [2.05, 4.69) is 26.1 Å². The third-order valence-electron chi connectivity index (χ3n) is 4.13. The number of likely N-dealkylation sites (N-methyl/N-ethyl adjacent to an activating group) is 1. The molecule has 0 radical (unpaired) electrons. The summed E-state index contributed by atoms with van der Waals surface area (Å²) < 4.78 is 5.88. The lowest BCUT2D eigenvalue weighted by Gasteiger charge is -2.24. The molecule has 2 amide bonds. The maximum Gasteiger partial charge on any atom is 0.337 e. The van der Waals surface area contributed by atoms with E-state index in [0.717, 1.165) is 11.3 Å². The van der Waals surface area contributed by atoms with E-state index in [-0.39, 0.29) is 16.7 Å². The van der Waals surface area contributed by atoms with Gasteiger partial charge in [0.05, 0.1) is 17.8 Å². The van der Waals surface area contributed by atoms with E-state index in [4.69, 9.17) is 4.74 Å². The predicted molar refractivity (Wildman–Crippen MR) is 106 cm³/mol. The largest absolute Gasteiger partial charge is 0.491 e. The standard InChI is InChI=1S/C21H26N2O4/c1-21(2,3)16-10-6-8-12-18(16)27-14-13-23(4)20(26)22-17-11-7-5-9-15(17)19(24)25/h5-12H,13-14H2,1-4H3,(H,22,26)(H,24,25). The molecule has 2 rings (SSSR count). The molecule has 0 aromatic heterocycles. The monoisotopic (exact) mass is 370 g/mol. The van der Waals surface area contributed by atoms with Gasteiger partial charge in [-0.05, 0) is 29.2 Å². The fourth-order valence-corrected chi connectivity index (χ4v) is 2.60. The zero-order valence-corrected chi connectivity index (χ0v) is 16.2. The molecule has 0 spiro atoms. The predicted octanol–water partition coefficient (Wildman–Crippen LogP) is 4.23. The first-order valence-corrected chi connectivity index (χ1v) is 8.77. The van der Waals surface area contributed by atoms with Crippen LogP contribution in [0.5, 0.6) is 5.75 Å². The zero-order valence-electron chi connectivity index (χ0n) is 16.2.